The fraction of sp³-hybridized carbons (Fsp3) is 0.333. The number of aryl methyl sites for hydroxylation is 1. The highest BCUT2D eigenvalue weighted by Gasteiger charge is 2.07. The summed E-state index contributed by atoms with van der Waals surface area (Å²) in [6, 6.07) is 6.65. The molecule has 0 spiro atoms. The lowest BCUT2D eigenvalue weighted by Crippen LogP contribution is -2.30. The second-order valence-electron chi connectivity index (χ2n) is 4.69. The van der Waals surface area contributed by atoms with Gasteiger partial charge >= 0.3 is 6.03 Å². The van der Waals surface area contributed by atoms with Crippen LogP contribution in [-0.4, -0.2) is 40.1 Å². The molecule has 1 aromatic heterocycles. The zero-order chi connectivity index (χ0) is 17.4. The van der Waals surface area contributed by atoms with Crippen LogP contribution in [0.15, 0.2) is 23.4 Å². The van der Waals surface area contributed by atoms with Gasteiger partial charge in [-0.1, -0.05) is 11.8 Å². The van der Waals surface area contributed by atoms with E-state index in [0.717, 1.165) is 5.82 Å². The first-order valence-corrected chi connectivity index (χ1v) is 8.34. The minimum Gasteiger partial charge on any atom is -0.492 e. The normalized spacial score (nSPS) is 10.0. The molecular formula is C15H18N6O2S. The van der Waals surface area contributed by atoms with Crippen molar-refractivity contribution in [3.63, 3.8) is 0 Å². The molecule has 0 fully saturated rings. The van der Waals surface area contributed by atoms with E-state index >= 15 is 0 Å². The second kappa shape index (κ2) is 8.79. The summed E-state index contributed by atoms with van der Waals surface area (Å²) in [4.78, 5) is 16.0. The highest BCUT2D eigenvalue weighted by Crippen LogP contribution is 2.22. The summed E-state index contributed by atoms with van der Waals surface area (Å²) in [5.74, 6) is 1.91. The molecule has 2 amide bonds. The third-order valence-corrected chi connectivity index (χ3v) is 3.70. The van der Waals surface area contributed by atoms with Gasteiger partial charge in [-0.15, -0.1) is 5.10 Å². The Morgan fingerprint density at radius 2 is 2.33 bits per heavy atom. The summed E-state index contributed by atoms with van der Waals surface area (Å²) in [5.41, 5.74) is 0.912. The van der Waals surface area contributed by atoms with Crippen molar-refractivity contribution in [1.82, 2.24) is 20.5 Å². The second-order valence-corrected chi connectivity index (χ2v) is 5.75. The van der Waals surface area contributed by atoms with E-state index in [0.29, 0.717) is 41.1 Å². The monoisotopic (exact) mass is 346 g/mol. The largest absolute Gasteiger partial charge is 0.492 e. The van der Waals surface area contributed by atoms with Gasteiger partial charge in [-0.05, 0) is 32.0 Å². The molecule has 0 unspecified atom stereocenters. The molecule has 24 heavy (non-hydrogen) atoms. The maximum atomic E-state index is 11.9. The van der Waals surface area contributed by atoms with Crippen LogP contribution in [0.4, 0.5) is 10.5 Å². The van der Waals surface area contributed by atoms with Crippen LogP contribution in [0.25, 0.3) is 0 Å². The van der Waals surface area contributed by atoms with Crippen molar-refractivity contribution in [3.05, 3.63) is 29.6 Å². The molecule has 0 aliphatic heterocycles. The number of hydrogen-bond donors (Lipinski definition) is 3. The standard InChI is InChI=1S/C15H18N6O2S/c1-3-23-13-5-4-12(8-11(13)9-16)19-14(22)17-6-7-24-15-18-10(2)20-21-15/h4-5,8H,3,6-7H2,1-2H3,(H2,17,19,22)(H,18,20,21). The highest BCUT2D eigenvalue weighted by molar-refractivity contribution is 7.99. The van der Waals surface area contributed by atoms with E-state index in [9.17, 15) is 4.79 Å². The van der Waals surface area contributed by atoms with Crippen molar-refractivity contribution in [1.29, 1.82) is 5.26 Å². The van der Waals surface area contributed by atoms with E-state index in [1.54, 1.807) is 18.2 Å². The summed E-state index contributed by atoms with van der Waals surface area (Å²) < 4.78 is 5.34. The quantitative estimate of drug-likeness (QED) is 0.523. The summed E-state index contributed by atoms with van der Waals surface area (Å²) in [6.07, 6.45) is 0. The molecular weight excluding hydrogens is 328 g/mol. The smallest absolute Gasteiger partial charge is 0.319 e. The number of nitrogens with one attached hydrogen (secondary N) is 3. The third kappa shape index (κ3) is 5.17. The predicted octanol–water partition coefficient (Wildman–Crippen LogP) is 2.30. The zero-order valence-corrected chi connectivity index (χ0v) is 14.2. The highest BCUT2D eigenvalue weighted by atomic mass is 32.2. The molecule has 0 saturated heterocycles. The van der Waals surface area contributed by atoms with Crippen molar-refractivity contribution in [2.24, 2.45) is 0 Å². The Morgan fingerprint density at radius 1 is 1.50 bits per heavy atom. The number of hydrogen-bond acceptors (Lipinski definition) is 6. The molecule has 0 radical (unpaired) electrons. The predicted molar refractivity (Wildman–Crippen MR) is 91.2 cm³/mol. The Labute approximate surface area is 144 Å². The topological polar surface area (TPSA) is 116 Å². The van der Waals surface area contributed by atoms with Crippen LogP contribution < -0.4 is 15.4 Å². The number of carbonyl (C=O) groups is 1. The van der Waals surface area contributed by atoms with E-state index < -0.39 is 0 Å². The lowest BCUT2D eigenvalue weighted by atomic mass is 10.2. The molecule has 3 N–H and O–H groups in total. The molecule has 0 aliphatic carbocycles. The van der Waals surface area contributed by atoms with E-state index in [4.69, 9.17) is 10.00 Å². The van der Waals surface area contributed by atoms with Gasteiger partial charge in [0.2, 0.25) is 5.16 Å². The number of aromatic nitrogens is 3. The van der Waals surface area contributed by atoms with Gasteiger partial charge < -0.3 is 15.4 Å². The van der Waals surface area contributed by atoms with E-state index in [2.05, 4.69) is 25.8 Å². The minimum atomic E-state index is -0.338. The van der Waals surface area contributed by atoms with Gasteiger partial charge in [0.15, 0.2) is 0 Å². The molecule has 0 saturated carbocycles. The van der Waals surface area contributed by atoms with Crippen LogP contribution in [0.1, 0.15) is 18.3 Å². The summed E-state index contributed by atoms with van der Waals surface area (Å²) >= 11 is 1.45. The average Bonchev–Trinajstić information content (AvgIpc) is 2.98. The van der Waals surface area contributed by atoms with Gasteiger partial charge in [-0.25, -0.2) is 9.78 Å². The van der Waals surface area contributed by atoms with E-state index in [-0.39, 0.29) is 6.03 Å². The SMILES string of the molecule is CCOc1ccc(NC(=O)NCCSc2n[nH]c(C)n2)cc1C#N. The van der Waals surface area contributed by atoms with Crippen LogP contribution in [0, 0.1) is 18.3 Å². The van der Waals surface area contributed by atoms with Crippen LogP contribution in [0.2, 0.25) is 0 Å². The van der Waals surface area contributed by atoms with Crippen molar-refractivity contribution in [3.8, 4) is 11.8 Å². The molecule has 8 nitrogen and oxygen atoms in total. The molecule has 0 aliphatic rings. The zero-order valence-electron chi connectivity index (χ0n) is 13.4. The fourth-order valence-electron chi connectivity index (χ4n) is 1.85. The molecule has 0 atom stereocenters. The lowest BCUT2D eigenvalue weighted by molar-refractivity contribution is 0.252. The number of thioether (sulfide) groups is 1. The van der Waals surface area contributed by atoms with Gasteiger partial charge in [-0.2, -0.15) is 5.26 Å². The summed E-state index contributed by atoms with van der Waals surface area (Å²) in [5, 5.41) is 21.9. The first-order chi connectivity index (χ1) is 11.6. The van der Waals surface area contributed by atoms with Crippen LogP contribution in [0.3, 0.4) is 0 Å². The van der Waals surface area contributed by atoms with Crippen molar-refractivity contribution >= 4 is 23.5 Å². The van der Waals surface area contributed by atoms with Crippen molar-refractivity contribution in [2.75, 3.05) is 24.2 Å². The number of H-pyrrole nitrogens is 1. The molecule has 2 aromatic rings. The van der Waals surface area contributed by atoms with Crippen LogP contribution in [-0.2, 0) is 0 Å². The van der Waals surface area contributed by atoms with Crippen molar-refractivity contribution in [2.45, 2.75) is 19.0 Å². The molecule has 9 heteroatoms. The number of aromatic amines is 1. The molecule has 2 rings (SSSR count). The van der Waals surface area contributed by atoms with Crippen LogP contribution in [0.5, 0.6) is 5.75 Å². The fourth-order valence-corrected chi connectivity index (χ4v) is 2.54. The Morgan fingerprint density at radius 3 is 3.00 bits per heavy atom. The number of anilines is 1. The average molecular weight is 346 g/mol. The summed E-state index contributed by atoms with van der Waals surface area (Å²) in [7, 11) is 0. The van der Waals surface area contributed by atoms with Gasteiger partial charge in [-0.3, -0.25) is 5.10 Å². The molecule has 1 aromatic carbocycles. The first-order valence-electron chi connectivity index (χ1n) is 7.36. The van der Waals surface area contributed by atoms with E-state index in [1.165, 1.54) is 11.8 Å². The third-order valence-electron chi connectivity index (χ3n) is 2.85. The number of nitrogens with zero attached hydrogens (tertiary/aromatic N) is 3. The Bertz CT molecular complexity index is 740. The number of nitriles is 1. The molecule has 126 valence electrons. The van der Waals surface area contributed by atoms with Crippen LogP contribution >= 0.6 is 11.8 Å². The number of amides is 2. The molecule has 0 bridgehead atoms. The maximum absolute atomic E-state index is 11.9. The minimum absolute atomic E-state index is 0.338. The Kier molecular flexibility index (Phi) is 6.45. The number of benzene rings is 1. The maximum Gasteiger partial charge on any atom is 0.319 e. The number of urea groups is 1. The number of rotatable bonds is 7. The van der Waals surface area contributed by atoms with Gasteiger partial charge in [0.05, 0.1) is 12.2 Å². The Hall–Kier alpha value is -2.73. The Balaban J connectivity index is 1.78. The van der Waals surface area contributed by atoms with E-state index in [1.807, 2.05) is 19.9 Å². The number of carbonyl (C=O) groups excluding carboxylic acids is 1. The van der Waals surface area contributed by atoms with Gasteiger partial charge in [0.1, 0.15) is 17.6 Å². The van der Waals surface area contributed by atoms with Crippen molar-refractivity contribution < 1.29 is 9.53 Å². The van der Waals surface area contributed by atoms with Gasteiger partial charge in [0, 0.05) is 18.0 Å². The van der Waals surface area contributed by atoms with Gasteiger partial charge in [0.25, 0.3) is 0 Å². The molecule has 1 heterocycles. The lowest BCUT2D eigenvalue weighted by Gasteiger charge is -2.09. The first kappa shape index (κ1) is 17.6. The number of ether oxygens (including phenoxy) is 1. The summed E-state index contributed by atoms with van der Waals surface area (Å²) in [6.45, 7) is 4.61.